The van der Waals surface area contributed by atoms with Crippen LogP contribution in [0, 0.1) is 0 Å². The van der Waals surface area contributed by atoms with Crippen LogP contribution in [0.25, 0.3) is 0 Å². The maximum Gasteiger partial charge on any atom is 0.216 e. The number of morpholine rings is 1. The Balaban J connectivity index is 2.10. The van der Waals surface area contributed by atoms with Gasteiger partial charge in [-0.15, -0.1) is 0 Å². The number of carbonyl (C=O) groups is 1. The molecule has 0 spiro atoms. The van der Waals surface area contributed by atoms with Gasteiger partial charge < -0.3 is 15.0 Å². The van der Waals surface area contributed by atoms with Crippen LogP contribution in [-0.4, -0.2) is 50.2 Å². The van der Waals surface area contributed by atoms with E-state index in [9.17, 15) is 4.79 Å². The quantitative estimate of drug-likeness (QED) is 0.666. The number of nitrogens with one attached hydrogen (secondary N) is 1. The van der Waals surface area contributed by atoms with Gasteiger partial charge in [0, 0.05) is 26.6 Å². The summed E-state index contributed by atoms with van der Waals surface area (Å²) in [5.41, 5.74) is 0. The molecule has 13 heavy (non-hydrogen) atoms. The zero-order chi connectivity index (χ0) is 9.68. The molecule has 0 aliphatic carbocycles. The maximum atomic E-state index is 10.6. The molecule has 4 nitrogen and oxygen atoms in total. The van der Waals surface area contributed by atoms with E-state index in [0.717, 1.165) is 26.1 Å². The SMILES string of the molecule is CC(=O)NCCC1CN(C)CCO1. The molecule has 1 aliphatic rings. The van der Waals surface area contributed by atoms with E-state index in [2.05, 4.69) is 17.3 Å². The van der Waals surface area contributed by atoms with Crippen molar-refractivity contribution < 1.29 is 9.53 Å². The smallest absolute Gasteiger partial charge is 0.216 e. The average molecular weight is 186 g/mol. The highest BCUT2D eigenvalue weighted by Crippen LogP contribution is 2.05. The highest BCUT2D eigenvalue weighted by Gasteiger charge is 2.16. The second-order valence-corrected chi connectivity index (χ2v) is 3.53. The van der Waals surface area contributed by atoms with Crippen molar-refractivity contribution in [3.05, 3.63) is 0 Å². The van der Waals surface area contributed by atoms with E-state index >= 15 is 0 Å². The predicted octanol–water partition coefficient (Wildman–Crippen LogP) is -0.157. The number of hydrogen-bond acceptors (Lipinski definition) is 3. The first kappa shape index (κ1) is 10.5. The number of ether oxygens (including phenoxy) is 1. The Morgan fingerprint density at radius 2 is 2.46 bits per heavy atom. The molecule has 1 rings (SSSR count). The van der Waals surface area contributed by atoms with Gasteiger partial charge in [-0.05, 0) is 13.5 Å². The van der Waals surface area contributed by atoms with Crippen LogP contribution in [0.15, 0.2) is 0 Å². The Labute approximate surface area is 79.2 Å². The van der Waals surface area contributed by atoms with Crippen molar-refractivity contribution in [1.82, 2.24) is 10.2 Å². The summed E-state index contributed by atoms with van der Waals surface area (Å²) in [6, 6.07) is 0. The summed E-state index contributed by atoms with van der Waals surface area (Å²) in [5, 5.41) is 2.77. The minimum atomic E-state index is 0.0316. The minimum Gasteiger partial charge on any atom is -0.375 e. The van der Waals surface area contributed by atoms with Crippen molar-refractivity contribution in [2.45, 2.75) is 19.4 Å². The number of hydrogen-bond donors (Lipinski definition) is 1. The predicted molar refractivity (Wildman–Crippen MR) is 50.5 cm³/mol. The molecule has 76 valence electrons. The lowest BCUT2D eigenvalue weighted by Crippen LogP contribution is -2.41. The third-order valence-electron chi connectivity index (χ3n) is 2.18. The van der Waals surface area contributed by atoms with Crippen molar-refractivity contribution >= 4 is 5.91 Å². The van der Waals surface area contributed by atoms with E-state index in [0.29, 0.717) is 6.54 Å². The molecule has 1 saturated heterocycles. The lowest BCUT2D eigenvalue weighted by Gasteiger charge is -2.29. The summed E-state index contributed by atoms with van der Waals surface area (Å²) in [6.07, 6.45) is 1.19. The van der Waals surface area contributed by atoms with Gasteiger partial charge >= 0.3 is 0 Å². The van der Waals surface area contributed by atoms with Gasteiger partial charge in [0.1, 0.15) is 0 Å². The number of carbonyl (C=O) groups excluding carboxylic acids is 1. The second kappa shape index (κ2) is 5.19. The van der Waals surface area contributed by atoms with Crippen molar-refractivity contribution in [3.8, 4) is 0 Å². The van der Waals surface area contributed by atoms with Crippen molar-refractivity contribution in [2.75, 3.05) is 33.3 Å². The van der Waals surface area contributed by atoms with Crippen molar-refractivity contribution in [3.63, 3.8) is 0 Å². The lowest BCUT2D eigenvalue weighted by molar-refractivity contribution is -0.119. The summed E-state index contributed by atoms with van der Waals surface area (Å²) in [7, 11) is 2.09. The molecular weight excluding hydrogens is 168 g/mol. The van der Waals surface area contributed by atoms with E-state index in [1.54, 1.807) is 0 Å². The molecule has 1 unspecified atom stereocenters. The zero-order valence-electron chi connectivity index (χ0n) is 8.38. The maximum absolute atomic E-state index is 10.6. The highest BCUT2D eigenvalue weighted by molar-refractivity contribution is 5.72. The van der Waals surface area contributed by atoms with Crippen molar-refractivity contribution in [1.29, 1.82) is 0 Å². The monoisotopic (exact) mass is 186 g/mol. The van der Waals surface area contributed by atoms with Crippen LogP contribution in [0.2, 0.25) is 0 Å². The van der Waals surface area contributed by atoms with Gasteiger partial charge in [0.2, 0.25) is 5.91 Å². The summed E-state index contributed by atoms with van der Waals surface area (Å²) in [6.45, 7) is 5.04. The molecule has 0 saturated carbocycles. The van der Waals surface area contributed by atoms with Crippen LogP contribution in [0.4, 0.5) is 0 Å². The van der Waals surface area contributed by atoms with Gasteiger partial charge in [0.15, 0.2) is 0 Å². The molecule has 1 N–H and O–H groups in total. The van der Waals surface area contributed by atoms with Gasteiger partial charge in [0.05, 0.1) is 12.7 Å². The van der Waals surface area contributed by atoms with Crippen LogP contribution in [0.1, 0.15) is 13.3 Å². The Morgan fingerprint density at radius 3 is 3.08 bits per heavy atom. The first-order chi connectivity index (χ1) is 6.18. The molecular formula is C9H18N2O2. The molecule has 0 bridgehead atoms. The standard InChI is InChI=1S/C9H18N2O2/c1-8(12)10-4-3-9-7-11(2)5-6-13-9/h9H,3-7H2,1-2H3,(H,10,12). The molecule has 1 atom stereocenters. The normalized spacial score (nSPS) is 24.3. The van der Waals surface area contributed by atoms with Crippen LogP contribution in [-0.2, 0) is 9.53 Å². The van der Waals surface area contributed by atoms with Crippen molar-refractivity contribution in [2.24, 2.45) is 0 Å². The molecule has 1 amide bonds. The summed E-state index contributed by atoms with van der Waals surface area (Å²) >= 11 is 0. The molecule has 0 aromatic carbocycles. The van der Waals surface area contributed by atoms with E-state index in [1.807, 2.05) is 0 Å². The molecule has 1 fully saturated rings. The fraction of sp³-hybridized carbons (Fsp3) is 0.889. The average Bonchev–Trinajstić information content (AvgIpc) is 2.03. The lowest BCUT2D eigenvalue weighted by atomic mass is 10.2. The van der Waals surface area contributed by atoms with Gasteiger partial charge in [-0.1, -0.05) is 0 Å². The fourth-order valence-corrected chi connectivity index (χ4v) is 1.45. The Kier molecular flexibility index (Phi) is 4.18. The molecule has 0 radical (unpaired) electrons. The number of rotatable bonds is 3. The Bertz CT molecular complexity index is 173. The molecule has 0 aromatic heterocycles. The van der Waals surface area contributed by atoms with Gasteiger partial charge in [-0.25, -0.2) is 0 Å². The topological polar surface area (TPSA) is 41.6 Å². The summed E-state index contributed by atoms with van der Waals surface area (Å²) in [4.78, 5) is 12.8. The minimum absolute atomic E-state index is 0.0316. The molecule has 4 heteroatoms. The van der Waals surface area contributed by atoms with E-state index in [-0.39, 0.29) is 12.0 Å². The van der Waals surface area contributed by atoms with E-state index < -0.39 is 0 Å². The van der Waals surface area contributed by atoms with Crippen LogP contribution < -0.4 is 5.32 Å². The van der Waals surface area contributed by atoms with Gasteiger partial charge in [-0.3, -0.25) is 4.79 Å². The number of amides is 1. The number of likely N-dealkylation sites (N-methyl/N-ethyl adjacent to an activating group) is 1. The third kappa shape index (κ3) is 4.24. The highest BCUT2D eigenvalue weighted by atomic mass is 16.5. The Morgan fingerprint density at radius 1 is 1.69 bits per heavy atom. The molecule has 0 aromatic rings. The van der Waals surface area contributed by atoms with Crippen LogP contribution in [0.5, 0.6) is 0 Å². The van der Waals surface area contributed by atoms with Gasteiger partial charge in [0.25, 0.3) is 0 Å². The summed E-state index contributed by atoms with van der Waals surface area (Å²) < 4.78 is 5.54. The largest absolute Gasteiger partial charge is 0.375 e. The van der Waals surface area contributed by atoms with Crippen LogP contribution in [0.3, 0.4) is 0 Å². The molecule has 1 aliphatic heterocycles. The molecule has 1 heterocycles. The third-order valence-corrected chi connectivity index (χ3v) is 2.18. The van der Waals surface area contributed by atoms with Gasteiger partial charge in [-0.2, -0.15) is 0 Å². The first-order valence-corrected chi connectivity index (χ1v) is 4.73. The summed E-state index contributed by atoms with van der Waals surface area (Å²) in [5.74, 6) is 0.0316. The second-order valence-electron chi connectivity index (χ2n) is 3.53. The first-order valence-electron chi connectivity index (χ1n) is 4.73. The zero-order valence-corrected chi connectivity index (χ0v) is 8.38. The van der Waals surface area contributed by atoms with E-state index in [1.165, 1.54) is 6.92 Å². The van der Waals surface area contributed by atoms with Crippen LogP contribution >= 0.6 is 0 Å². The Hall–Kier alpha value is -0.610. The number of nitrogens with zero attached hydrogens (tertiary/aromatic N) is 1. The van der Waals surface area contributed by atoms with E-state index in [4.69, 9.17) is 4.74 Å². The fourth-order valence-electron chi connectivity index (χ4n) is 1.45.